The van der Waals surface area contributed by atoms with Gasteiger partial charge in [-0.1, -0.05) is 24.3 Å². The molecule has 0 spiro atoms. The molecule has 29 heavy (non-hydrogen) atoms. The monoisotopic (exact) mass is 512 g/mol. The van der Waals surface area contributed by atoms with Crippen LogP contribution in [-0.2, 0) is 4.74 Å². The molecule has 1 aliphatic heterocycles. The molecule has 0 aliphatic carbocycles. The van der Waals surface area contributed by atoms with E-state index in [4.69, 9.17) is 19.9 Å². The van der Waals surface area contributed by atoms with Gasteiger partial charge in [-0.05, 0) is 29.8 Å². The normalized spacial score (nSPS) is 15.9. The molecular formula is C21H29IN4O3. The van der Waals surface area contributed by atoms with Crippen LogP contribution in [0.25, 0.3) is 0 Å². The van der Waals surface area contributed by atoms with E-state index in [-0.39, 0.29) is 30.0 Å². The zero-order valence-electron chi connectivity index (χ0n) is 16.8. The number of ether oxygens (including phenoxy) is 3. The minimum absolute atomic E-state index is 0. The van der Waals surface area contributed by atoms with Gasteiger partial charge in [-0.15, -0.1) is 24.0 Å². The number of nitrogens with one attached hydrogen (secondary N) is 1. The number of morpholine rings is 1. The van der Waals surface area contributed by atoms with Crippen LogP contribution >= 0.6 is 24.0 Å². The van der Waals surface area contributed by atoms with E-state index in [0.29, 0.717) is 37.2 Å². The summed E-state index contributed by atoms with van der Waals surface area (Å²) < 4.78 is 16.4. The third kappa shape index (κ3) is 6.48. The molecule has 0 radical (unpaired) electrons. The Labute approximate surface area is 189 Å². The summed E-state index contributed by atoms with van der Waals surface area (Å²) in [6.07, 6.45) is 0. The highest BCUT2D eigenvalue weighted by Gasteiger charge is 2.23. The van der Waals surface area contributed by atoms with E-state index >= 15 is 0 Å². The quantitative estimate of drug-likeness (QED) is 0.337. The molecule has 0 saturated carbocycles. The molecule has 7 nitrogen and oxygen atoms in total. The van der Waals surface area contributed by atoms with Crippen LogP contribution in [0.2, 0.25) is 0 Å². The summed E-state index contributed by atoms with van der Waals surface area (Å²) in [5.41, 5.74) is 8.14. The van der Waals surface area contributed by atoms with Crippen molar-refractivity contribution < 1.29 is 14.2 Å². The number of guanidine groups is 1. The van der Waals surface area contributed by atoms with Gasteiger partial charge in [-0.25, -0.2) is 0 Å². The van der Waals surface area contributed by atoms with Gasteiger partial charge in [0.2, 0.25) is 0 Å². The maximum absolute atomic E-state index is 6.11. The Bertz CT molecular complexity index is 783. The van der Waals surface area contributed by atoms with E-state index in [1.807, 2.05) is 42.5 Å². The van der Waals surface area contributed by atoms with Gasteiger partial charge in [0.25, 0.3) is 0 Å². The van der Waals surface area contributed by atoms with Gasteiger partial charge in [0.05, 0.1) is 40.0 Å². The van der Waals surface area contributed by atoms with Gasteiger partial charge in [-0.3, -0.25) is 9.89 Å². The van der Waals surface area contributed by atoms with Gasteiger partial charge >= 0.3 is 0 Å². The molecule has 3 rings (SSSR count). The van der Waals surface area contributed by atoms with Crippen molar-refractivity contribution in [1.82, 2.24) is 4.90 Å². The molecular weight excluding hydrogens is 483 g/mol. The van der Waals surface area contributed by atoms with E-state index in [9.17, 15) is 0 Å². The lowest BCUT2D eigenvalue weighted by Crippen LogP contribution is -2.40. The number of aliphatic imine (C=N–C) groups is 1. The Hall–Kier alpha value is -2.04. The second-order valence-corrected chi connectivity index (χ2v) is 6.50. The molecule has 2 aromatic rings. The molecule has 1 heterocycles. The van der Waals surface area contributed by atoms with Crippen molar-refractivity contribution in [2.75, 3.05) is 52.4 Å². The number of nitrogens with two attached hydrogens (primary N) is 1. The van der Waals surface area contributed by atoms with Crippen LogP contribution in [-0.4, -0.2) is 57.9 Å². The Morgan fingerprint density at radius 1 is 1.10 bits per heavy atom. The summed E-state index contributed by atoms with van der Waals surface area (Å²) in [5, 5.41) is 3.13. The first-order chi connectivity index (χ1) is 13.7. The van der Waals surface area contributed by atoms with Crippen LogP contribution in [0.3, 0.4) is 0 Å². The third-order valence-electron chi connectivity index (χ3n) is 4.76. The Kier molecular flexibility index (Phi) is 9.49. The fourth-order valence-corrected chi connectivity index (χ4v) is 3.27. The zero-order valence-corrected chi connectivity index (χ0v) is 19.2. The molecule has 1 unspecified atom stereocenters. The predicted octanol–water partition coefficient (Wildman–Crippen LogP) is 3.12. The number of anilines is 1. The Morgan fingerprint density at radius 3 is 2.45 bits per heavy atom. The van der Waals surface area contributed by atoms with Gasteiger partial charge in [0.15, 0.2) is 17.5 Å². The number of rotatable bonds is 7. The van der Waals surface area contributed by atoms with Crippen molar-refractivity contribution in [2.24, 2.45) is 10.7 Å². The first-order valence-electron chi connectivity index (χ1n) is 9.37. The van der Waals surface area contributed by atoms with E-state index in [1.165, 1.54) is 0 Å². The molecule has 158 valence electrons. The van der Waals surface area contributed by atoms with Gasteiger partial charge < -0.3 is 25.3 Å². The zero-order chi connectivity index (χ0) is 19.8. The second kappa shape index (κ2) is 11.8. The van der Waals surface area contributed by atoms with Crippen LogP contribution < -0.4 is 20.5 Å². The van der Waals surface area contributed by atoms with E-state index in [0.717, 1.165) is 24.3 Å². The smallest absolute Gasteiger partial charge is 0.193 e. The SMILES string of the molecule is COc1ccc(C(CN=C(N)Nc2ccccc2)N2CCOCC2)cc1OC.I. The minimum Gasteiger partial charge on any atom is -0.493 e. The maximum atomic E-state index is 6.11. The molecule has 1 atom stereocenters. The fraction of sp³-hybridized carbons (Fsp3) is 0.381. The van der Waals surface area contributed by atoms with E-state index in [2.05, 4.69) is 21.3 Å². The number of halogens is 1. The topological polar surface area (TPSA) is 81.3 Å². The number of para-hydroxylation sites is 1. The van der Waals surface area contributed by atoms with Gasteiger partial charge in [0.1, 0.15) is 0 Å². The highest BCUT2D eigenvalue weighted by Crippen LogP contribution is 2.32. The number of nitrogens with zero attached hydrogens (tertiary/aromatic N) is 2. The number of methoxy groups -OCH3 is 2. The van der Waals surface area contributed by atoms with Crippen LogP contribution in [0.1, 0.15) is 11.6 Å². The summed E-state index contributed by atoms with van der Waals surface area (Å²) in [4.78, 5) is 6.96. The van der Waals surface area contributed by atoms with Crippen molar-refractivity contribution >= 4 is 35.6 Å². The fourth-order valence-electron chi connectivity index (χ4n) is 3.27. The van der Waals surface area contributed by atoms with Crippen molar-refractivity contribution in [3.63, 3.8) is 0 Å². The van der Waals surface area contributed by atoms with Crippen molar-refractivity contribution in [3.05, 3.63) is 54.1 Å². The maximum Gasteiger partial charge on any atom is 0.193 e. The number of benzene rings is 2. The molecule has 1 fully saturated rings. The van der Waals surface area contributed by atoms with E-state index < -0.39 is 0 Å². The second-order valence-electron chi connectivity index (χ2n) is 6.50. The van der Waals surface area contributed by atoms with Crippen molar-refractivity contribution in [2.45, 2.75) is 6.04 Å². The summed E-state index contributed by atoms with van der Waals surface area (Å²) in [7, 11) is 3.28. The predicted molar refractivity (Wildman–Crippen MR) is 127 cm³/mol. The van der Waals surface area contributed by atoms with Gasteiger partial charge in [0, 0.05) is 18.8 Å². The molecule has 2 aromatic carbocycles. The molecule has 1 aliphatic rings. The molecule has 0 amide bonds. The number of hydrogen-bond donors (Lipinski definition) is 2. The third-order valence-corrected chi connectivity index (χ3v) is 4.76. The summed E-state index contributed by atoms with van der Waals surface area (Å²) >= 11 is 0. The Balaban J connectivity index is 0.00000300. The first-order valence-corrected chi connectivity index (χ1v) is 9.37. The molecule has 0 aromatic heterocycles. The largest absolute Gasteiger partial charge is 0.493 e. The molecule has 0 bridgehead atoms. The Morgan fingerprint density at radius 2 is 1.79 bits per heavy atom. The van der Waals surface area contributed by atoms with Crippen LogP contribution in [0.4, 0.5) is 5.69 Å². The highest BCUT2D eigenvalue weighted by molar-refractivity contribution is 14.0. The number of hydrogen-bond acceptors (Lipinski definition) is 5. The van der Waals surface area contributed by atoms with Crippen molar-refractivity contribution in [1.29, 1.82) is 0 Å². The summed E-state index contributed by atoms with van der Waals surface area (Å²) in [5.74, 6) is 1.81. The average Bonchev–Trinajstić information content (AvgIpc) is 2.75. The van der Waals surface area contributed by atoms with Crippen LogP contribution in [0.15, 0.2) is 53.5 Å². The molecule has 3 N–H and O–H groups in total. The lowest BCUT2D eigenvalue weighted by Gasteiger charge is -2.34. The standard InChI is InChI=1S/C21H28N4O3.HI/c1-26-19-9-8-16(14-20(19)27-2)18(25-10-12-28-13-11-25)15-23-21(22)24-17-6-4-3-5-7-17;/h3-9,14,18H,10-13,15H2,1-2H3,(H3,22,23,24);1H. The van der Waals surface area contributed by atoms with Crippen molar-refractivity contribution in [3.8, 4) is 11.5 Å². The lowest BCUT2D eigenvalue weighted by molar-refractivity contribution is 0.0179. The summed E-state index contributed by atoms with van der Waals surface area (Å²) in [6, 6.07) is 15.8. The van der Waals surface area contributed by atoms with Crippen LogP contribution in [0.5, 0.6) is 11.5 Å². The highest BCUT2D eigenvalue weighted by atomic mass is 127. The van der Waals surface area contributed by atoms with E-state index in [1.54, 1.807) is 14.2 Å². The van der Waals surface area contributed by atoms with Gasteiger partial charge in [-0.2, -0.15) is 0 Å². The van der Waals surface area contributed by atoms with Crippen LogP contribution in [0, 0.1) is 0 Å². The molecule has 8 heteroatoms. The summed E-state index contributed by atoms with van der Waals surface area (Å²) in [6.45, 7) is 3.65. The molecule has 1 saturated heterocycles. The lowest BCUT2D eigenvalue weighted by atomic mass is 10.0. The first kappa shape index (κ1) is 23.2. The average molecular weight is 512 g/mol. The minimum atomic E-state index is 0.